The van der Waals surface area contributed by atoms with Gasteiger partial charge in [-0.25, -0.2) is 0 Å². The van der Waals surface area contributed by atoms with E-state index >= 15 is 0 Å². The van der Waals surface area contributed by atoms with Gasteiger partial charge in [-0.3, -0.25) is 0 Å². The molecule has 13 rings (SSSR count). The maximum Gasteiger partial charge on any atom is 0.135 e. The van der Waals surface area contributed by atoms with Crippen molar-refractivity contribution in [1.82, 2.24) is 4.40 Å². The standard InChI is InChI=1S/C57H38N2O/c1-57(2)48-18-7-3-12-41(48)44-17-11-16-40(55(44)57)36-24-29-39(30-25-36)58(38-27-22-35(23-28-38)37-26-33-53-47(34-37)43-14-6-10-21-52(43)60-53)51-32-31-45-42-13-4-8-19-49(42)59-50-20-9-5-15-46(50)54(51)56(45)59/h3-34H,1-2H3. The highest BCUT2D eigenvalue weighted by Gasteiger charge is 2.37. The Morgan fingerprint density at radius 2 is 1.03 bits per heavy atom. The second-order valence-electron chi connectivity index (χ2n) is 16.9. The molecular weight excluding hydrogens is 729 g/mol. The summed E-state index contributed by atoms with van der Waals surface area (Å²) in [6.45, 7) is 4.74. The summed E-state index contributed by atoms with van der Waals surface area (Å²) in [4.78, 5) is 2.45. The maximum absolute atomic E-state index is 6.17. The fourth-order valence-electron chi connectivity index (χ4n) is 10.6. The van der Waals surface area contributed by atoms with Gasteiger partial charge in [0.2, 0.25) is 0 Å². The van der Waals surface area contributed by atoms with Crippen molar-refractivity contribution >= 4 is 77.1 Å². The number of benzene rings is 9. The predicted molar refractivity (Wildman–Crippen MR) is 251 cm³/mol. The summed E-state index contributed by atoms with van der Waals surface area (Å²) >= 11 is 0. The number of fused-ring (bicyclic) bond motifs is 12. The monoisotopic (exact) mass is 766 g/mol. The number of aromatic nitrogens is 1. The van der Waals surface area contributed by atoms with Crippen molar-refractivity contribution in [2.45, 2.75) is 19.3 Å². The molecule has 60 heavy (non-hydrogen) atoms. The van der Waals surface area contributed by atoms with Crippen LogP contribution in [0.3, 0.4) is 0 Å². The van der Waals surface area contributed by atoms with Gasteiger partial charge in [0, 0.05) is 49.1 Å². The molecule has 0 saturated heterocycles. The molecule has 0 fully saturated rings. The van der Waals surface area contributed by atoms with Crippen LogP contribution in [-0.2, 0) is 5.41 Å². The lowest BCUT2D eigenvalue weighted by Gasteiger charge is -2.27. The van der Waals surface area contributed by atoms with E-state index in [1.807, 2.05) is 12.1 Å². The highest BCUT2D eigenvalue weighted by Crippen LogP contribution is 2.53. The topological polar surface area (TPSA) is 20.8 Å². The molecule has 0 spiro atoms. The average molecular weight is 767 g/mol. The molecule has 0 aliphatic heterocycles. The summed E-state index contributed by atoms with van der Waals surface area (Å²) in [6.07, 6.45) is 0. The molecule has 1 aliphatic rings. The molecule has 0 atom stereocenters. The second-order valence-corrected chi connectivity index (χ2v) is 16.9. The average Bonchev–Trinajstić information content (AvgIpc) is 4.02. The Bertz CT molecular complexity index is 3680. The van der Waals surface area contributed by atoms with Crippen LogP contribution in [0.2, 0.25) is 0 Å². The van der Waals surface area contributed by atoms with E-state index < -0.39 is 0 Å². The van der Waals surface area contributed by atoms with Crippen molar-refractivity contribution in [1.29, 1.82) is 0 Å². The number of nitrogens with zero attached hydrogens (tertiary/aromatic N) is 2. The van der Waals surface area contributed by atoms with Crippen LogP contribution >= 0.6 is 0 Å². The minimum Gasteiger partial charge on any atom is -0.456 e. The molecule has 9 aromatic carbocycles. The highest BCUT2D eigenvalue weighted by molar-refractivity contribution is 6.27. The third-order valence-electron chi connectivity index (χ3n) is 13.3. The number of rotatable bonds is 5. The third-order valence-corrected chi connectivity index (χ3v) is 13.3. The van der Waals surface area contributed by atoms with E-state index in [-0.39, 0.29) is 5.41 Å². The van der Waals surface area contributed by atoms with Gasteiger partial charge >= 0.3 is 0 Å². The number of anilines is 3. The van der Waals surface area contributed by atoms with E-state index in [1.165, 1.54) is 71.5 Å². The molecule has 1 aliphatic carbocycles. The molecule has 3 heterocycles. The number of para-hydroxylation sites is 3. The van der Waals surface area contributed by atoms with Crippen LogP contribution in [0.4, 0.5) is 17.1 Å². The van der Waals surface area contributed by atoms with Crippen molar-refractivity contribution in [3.05, 3.63) is 205 Å². The first kappa shape index (κ1) is 33.4. The van der Waals surface area contributed by atoms with Crippen LogP contribution in [0.1, 0.15) is 25.0 Å². The summed E-state index contributed by atoms with van der Waals surface area (Å²) in [6, 6.07) is 71.2. The Hall–Kier alpha value is -7.62. The van der Waals surface area contributed by atoms with Crippen molar-refractivity contribution in [2.75, 3.05) is 4.90 Å². The predicted octanol–water partition coefficient (Wildman–Crippen LogP) is 15.8. The number of furan rings is 1. The van der Waals surface area contributed by atoms with Gasteiger partial charge in [0.05, 0.1) is 22.2 Å². The van der Waals surface area contributed by atoms with E-state index in [9.17, 15) is 0 Å². The number of hydrogen-bond donors (Lipinski definition) is 0. The minimum atomic E-state index is -0.102. The van der Waals surface area contributed by atoms with Crippen molar-refractivity contribution in [3.8, 4) is 33.4 Å². The van der Waals surface area contributed by atoms with Gasteiger partial charge in [-0.2, -0.15) is 0 Å². The maximum atomic E-state index is 6.17. The van der Waals surface area contributed by atoms with Gasteiger partial charge in [-0.05, 0) is 105 Å². The fraction of sp³-hybridized carbons (Fsp3) is 0.0526. The van der Waals surface area contributed by atoms with Gasteiger partial charge in [-0.1, -0.05) is 147 Å². The smallest absolute Gasteiger partial charge is 0.135 e. The van der Waals surface area contributed by atoms with Crippen LogP contribution in [0.5, 0.6) is 0 Å². The van der Waals surface area contributed by atoms with Crippen LogP contribution in [0.15, 0.2) is 199 Å². The Morgan fingerprint density at radius 1 is 0.433 bits per heavy atom. The first-order valence-corrected chi connectivity index (χ1v) is 20.8. The van der Waals surface area contributed by atoms with E-state index in [2.05, 4.69) is 205 Å². The molecule has 0 amide bonds. The highest BCUT2D eigenvalue weighted by atomic mass is 16.3. The molecule has 3 heteroatoms. The van der Waals surface area contributed by atoms with E-state index in [1.54, 1.807) is 0 Å². The van der Waals surface area contributed by atoms with Gasteiger partial charge < -0.3 is 13.7 Å². The molecule has 12 aromatic rings. The van der Waals surface area contributed by atoms with Crippen LogP contribution in [0.25, 0.3) is 93.4 Å². The van der Waals surface area contributed by atoms with Crippen LogP contribution in [-0.4, -0.2) is 4.40 Å². The zero-order chi connectivity index (χ0) is 39.7. The van der Waals surface area contributed by atoms with Crippen LogP contribution in [0, 0.1) is 0 Å². The lowest BCUT2D eigenvalue weighted by Crippen LogP contribution is -2.16. The Labute approximate surface area is 347 Å². The van der Waals surface area contributed by atoms with Gasteiger partial charge in [0.25, 0.3) is 0 Å². The first-order valence-electron chi connectivity index (χ1n) is 20.8. The molecule has 0 bridgehead atoms. The van der Waals surface area contributed by atoms with Crippen molar-refractivity contribution < 1.29 is 4.42 Å². The van der Waals surface area contributed by atoms with E-state index in [0.29, 0.717) is 0 Å². The molecule has 0 N–H and O–H groups in total. The lowest BCUT2D eigenvalue weighted by molar-refractivity contribution is 0.662. The lowest BCUT2D eigenvalue weighted by atomic mass is 9.79. The Morgan fingerprint density at radius 3 is 1.83 bits per heavy atom. The van der Waals surface area contributed by atoms with Crippen molar-refractivity contribution in [3.63, 3.8) is 0 Å². The molecule has 0 unspecified atom stereocenters. The normalized spacial score (nSPS) is 13.3. The Balaban J connectivity index is 0.995. The van der Waals surface area contributed by atoms with E-state index in [4.69, 9.17) is 4.42 Å². The molecular formula is C57H38N2O. The van der Waals surface area contributed by atoms with Gasteiger partial charge in [0.1, 0.15) is 11.2 Å². The summed E-state index contributed by atoms with van der Waals surface area (Å²) in [7, 11) is 0. The zero-order valence-electron chi connectivity index (χ0n) is 33.3. The zero-order valence-corrected chi connectivity index (χ0v) is 33.3. The summed E-state index contributed by atoms with van der Waals surface area (Å²) in [5.41, 5.74) is 19.1. The second kappa shape index (κ2) is 12.2. The molecule has 0 saturated carbocycles. The summed E-state index contributed by atoms with van der Waals surface area (Å²) < 4.78 is 8.63. The van der Waals surface area contributed by atoms with Gasteiger partial charge in [-0.15, -0.1) is 0 Å². The molecule has 3 nitrogen and oxygen atoms in total. The largest absolute Gasteiger partial charge is 0.456 e. The quantitative estimate of drug-likeness (QED) is 0.174. The molecule has 3 aromatic heterocycles. The fourth-order valence-corrected chi connectivity index (χ4v) is 10.6. The van der Waals surface area contributed by atoms with E-state index in [0.717, 1.165) is 50.1 Å². The Kier molecular flexibility index (Phi) is 6.78. The third kappa shape index (κ3) is 4.55. The molecule has 0 radical (unpaired) electrons. The first-order chi connectivity index (χ1) is 29.5. The SMILES string of the molecule is CC1(C)c2ccccc2-c2cccc(-c3ccc(N(c4ccc(-c5ccc6oc7ccccc7c6c5)cc4)c4ccc5c6ccccc6n6c7ccccc7c4c56)cc3)c21. The van der Waals surface area contributed by atoms with Crippen LogP contribution < -0.4 is 4.90 Å². The van der Waals surface area contributed by atoms with Crippen molar-refractivity contribution in [2.24, 2.45) is 0 Å². The summed E-state index contributed by atoms with van der Waals surface area (Å²) in [5, 5.41) is 7.33. The van der Waals surface area contributed by atoms with Gasteiger partial charge in [0.15, 0.2) is 0 Å². The minimum absolute atomic E-state index is 0.102. The number of hydrogen-bond acceptors (Lipinski definition) is 2. The summed E-state index contributed by atoms with van der Waals surface area (Å²) in [5.74, 6) is 0. The molecule has 282 valence electrons.